The number of carbonyl (C=O) groups excluding carboxylic acids is 1. The van der Waals surface area contributed by atoms with Gasteiger partial charge in [-0.2, -0.15) is 0 Å². The van der Waals surface area contributed by atoms with Crippen molar-refractivity contribution >= 4 is 33.4 Å². The Labute approximate surface area is 137 Å². The smallest absolute Gasteiger partial charge is 0.257 e. The van der Waals surface area contributed by atoms with Crippen molar-refractivity contribution in [2.45, 2.75) is 6.54 Å². The Morgan fingerprint density at radius 2 is 2.00 bits per heavy atom. The Bertz CT molecular complexity index is 660. The lowest BCUT2D eigenvalue weighted by Crippen LogP contribution is -2.26. The molecule has 0 aliphatic rings. The molecule has 21 heavy (non-hydrogen) atoms. The fourth-order valence-electron chi connectivity index (χ4n) is 2.00. The number of carbonyl (C=O) groups is 1. The first-order chi connectivity index (χ1) is 10.0. The first kappa shape index (κ1) is 15.9. The van der Waals surface area contributed by atoms with E-state index in [9.17, 15) is 4.79 Å². The van der Waals surface area contributed by atoms with Gasteiger partial charge in [-0.3, -0.25) is 4.79 Å². The van der Waals surface area contributed by atoms with Crippen molar-refractivity contribution in [2.75, 3.05) is 14.2 Å². The van der Waals surface area contributed by atoms with E-state index in [1.807, 2.05) is 24.3 Å². The van der Waals surface area contributed by atoms with Crippen LogP contribution in [0.4, 0.5) is 0 Å². The summed E-state index contributed by atoms with van der Waals surface area (Å²) < 4.78 is 6.21. The minimum Gasteiger partial charge on any atom is -0.496 e. The molecule has 2 rings (SSSR count). The average Bonchev–Trinajstić information content (AvgIpc) is 2.48. The van der Waals surface area contributed by atoms with Crippen LogP contribution >= 0.6 is 27.5 Å². The lowest BCUT2D eigenvalue weighted by Gasteiger charge is -2.19. The van der Waals surface area contributed by atoms with Gasteiger partial charge in [0, 0.05) is 23.1 Å². The third-order valence-corrected chi connectivity index (χ3v) is 4.11. The van der Waals surface area contributed by atoms with Crippen LogP contribution < -0.4 is 4.74 Å². The van der Waals surface area contributed by atoms with E-state index in [0.717, 1.165) is 10.0 Å². The zero-order valence-corrected chi connectivity index (χ0v) is 14.1. The van der Waals surface area contributed by atoms with Gasteiger partial charge in [0.15, 0.2) is 0 Å². The molecule has 0 aliphatic carbocycles. The Morgan fingerprint density at radius 1 is 1.29 bits per heavy atom. The molecule has 5 heteroatoms. The fraction of sp³-hybridized carbons (Fsp3) is 0.188. The second-order valence-electron chi connectivity index (χ2n) is 4.60. The van der Waals surface area contributed by atoms with Crippen LogP contribution in [0.3, 0.4) is 0 Å². The number of halogens is 2. The number of amides is 1. The van der Waals surface area contributed by atoms with E-state index in [1.54, 1.807) is 30.1 Å². The lowest BCUT2D eigenvalue weighted by atomic mass is 10.1. The summed E-state index contributed by atoms with van der Waals surface area (Å²) >= 11 is 9.41. The molecular formula is C16H15BrClNO2. The number of methoxy groups -OCH3 is 1. The molecule has 0 fully saturated rings. The van der Waals surface area contributed by atoms with E-state index < -0.39 is 0 Å². The normalized spacial score (nSPS) is 10.3. The average molecular weight is 369 g/mol. The standard InChI is InChI=1S/C16H15BrClNO2/c1-19(10-11-5-3-4-6-14(11)17)16(20)13-8-7-12(18)9-15(13)21-2/h3-9H,10H2,1-2H3. The summed E-state index contributed by atoms with van der Waals surface area (Å²) in [6.45, 7) is 0.506. The highest BCUT2D eigenvalue weighted by molar-refractivity contribution is 9.10. The molecule has 0 aliphatic heterocycles. The Kier molecular flexibility index (Phi) is 5.26. The van der Waals surface area contributed by atoms with Gasteiger partial charge in [0.2, 0.25) is 0 Å². The van der Waals surface area contributed by atoms with Crippen LogP contribution in [0.1, 0.15) is 15.9 Å². The van der Waals surface area contributed by atoms with Gasteiger partial charge in [-0.1, -0.05) is 45.7 Å². The first-order valence-corrected chi connectivity index (χ1v) is 7.52. The molecule has 0 atom stereocenters. The number of hydrogen-bond acceptors (Lipinski definition) is 2. The van der Waals surface area contributed by atoms with Gasteiger partial charge in [0.05, 0.1) is 12.7 Å². The molecule has 1 amide bonds. The SMILES string of the molecule is COc1cc(Cl)ccc1C(=O)N(C)Cc1ccccc1Br. The van der Waals surface area contributed by atoms with Crippen molar-refractivity contribution in [3.8, 4) is 5.75 Å². The Morgan fingerprint density at radius 3 is 2.67 bits per heavy atom. The summed E-state index contributed by atoms with van der Waals surface area (Å²) in [4.78, 5) is 14.2. The van der Waals surface area contributed by atoms with E-state index >= 15 is 0 Å². The molecule has 2 aromatic carbocycles. The second-order valence-corrected chi connectivity index (χ2v) is 5.89. The van der Waals surface area contributed by atoms with Gasteiger partial charge >= 0.3 is 0 Å². The molecule has 0 saturated carbocycles. The molecule has 0 N–H and O–H groups in total. The van der Waals surface area contributed by atoms with E-state index in [0.29, 0.717) is 22.9 Å². The highest BCUT2D eigenvalue weighted by atomic mass is 79.9. The molecule has 0 bridgehead atoms. The first-order valence-electron chi connectivity index (χ1n) is 6.35. The minimum absolute atomic E-state index is 0.112. The summed E-state index contributed by atoms with van der Waals surface area (Å²) in [5.74, 6) is 0.366. The van der Waals surface area contributed by atoms with E-state index in [-0.39, 0.29) is 5.91 Å². The van der Waals surface area contributed by atoms with Crippen molar-refractivity contribution in [3.63, 3.8) is 0 Å². The molecule has 0 radical (unpaired) electrons. The Hall–Kier alpha value is -1.52. The molecule has 0 spiro atoms. The zero-order chi connectivity index (χ0) is 15.4. The van der Waals surface area contributed by atoms with Crippen molar-refractivity contribution in [2.24, 2.45) is 0 Å². The fourth-order valence-corrected chi connectivity index (χ4v) is 2.57. The summed E-state index contributed by atoms with van der Waals surface area (Å²) in [7, 11) is 3.28. The van der Waals surface area contributed by atoms with Crippen LogP contribution in [0.2, 0.25) is 5.02 Å². The van der Waals surface area contributed by atoms with Gasteiger partial charge in [-0.05, 0) is 29.8 Å². The van der Waals surface area contributed by atoms with Crippen LogP contribution in [0.15, 0.2) is 46.9 Å². The predicted molar refractivity (Wildman–Crippen MR) is 87.9 cm³/mol. The minimum atomic E-state index is -0.112. The highest BCUT2D eigenvalue weighted by Gasteiger charge is 2.17. The molecule has 0 aromatic heterocycles. The van der Waals surface area contributed by atoms with Crippen LogP contribution in [0.25, 0.3) is 0 Å². The van der Waals surface area contributed by atoms with Gasteiger partial charge in [-0.25, -0.2) is 0 Å². The quantitative estimate of drug-likeness (QED) is 0.801. The maximum Gasteiger partial charge on any atom is 0.257 e. The maximum absolute atomic E-state index is 12.5. The van der Waals surface area contributed by atoms with Crippen molar-refractivity contribution in [1.82, 2.24) is 4.90 Å². The lowest BCUT2D eigenvalue weighted by molar-refractivity contribution is 0.0781. The summed E-state index contributed by atoms with van der Waals surface area (Å²) in [5.41, 5.74) is 1.54. The van der Waals surface area contributed by atoms with Gasteiger partial charge in [0.1, 0.15) is 5.75 Å². The van der Waals surface area contributed by atoms with Crippen LogP contribution in [-0.4, -0.2) is 25.0 Å². The molecule has 3 nitrogen and oxygen atoms in total. The molecule has 2 aromatic rings. The third kappa shape index (κ3) is 3.77. The van der Waals surface area contributed by atoms with E-state index in [1.165, 1.54) is 7.11 Å². The number of benzene rings is 2. The monoisotopic (exact) mass is 367 g/mol. The number of ether oxygens (including phenoxy) is 1. The molecule has 0 saturated heterocycles. The second kappa shape index (κ2) is 6.96. The summed E-state index contributed by atoms with van der Waals surface area (Å²) in [5, 5.41) is 0.539. The third-order valence-electron chi connectivity index (χ3n) is 3.11. The molecular weight excluding hydrogens is 354 g/mol. The van der Waals surface area contributed by atoms with Crippen molar-refractivity contribution in [3.05, 3.63) is 63.1 Å². The summed E-state index contributed by atoms with van der Waals surface area (Å²) in [6.07, 6.45) is 0. The molecule has 0 heterocycles. The van der Waals surface area contributed by atoms with Crippen LogP contribution in [0, 0.1) is 0 Å². The maximum atomic E-state index is 12.5. The highest BCUT2D eigenvalue weighted by Crippen LogP contribution is 2.25. The topological polar surface area (TPSA) is 29.5 Å². The van der Waals surface area contributed by atoms with Crippen LogP contribution in [0.5, 0.6) is 5.75 Å². The predicted octanol–water partition coefficient (Wildman–Crippen LogP) is 4.38. The van der Waals surface area contributed by atoms with E-state index in [4.69, 9.17) is 16.3 Å². The van der Waals surface area contributed by atoms with Gasteiger partial charge < -0.3 is 9.64 Å². The molecule has 0 unspecified atom stereocenters. The molecule has 110 valence electrons. The largest absolute Gasteiger partial charge is 0.496 e. The van der Waals surface area contributed by atoms with Crippen molar-refractivity contribution < 1.29 is 9.53 Å². The van der Waals surface area contributed by atoms with E-state index in [2.05, 4.69) is 15.9 Å². The Balaban J connectivity index is 2.22. The van der Waals surface area contributed by atoms with Crippen LogP contribution in [-0.2, 0) is 6.54 Å². The van der Waals surface area contributed by atoms with Crippen molar-refractivity contribution in [1.29, 1.82) is 0 Å². The summed E-state index contributed by atoms with van der Waals surface area (Å²) in [6, 6.07) is 12.8. The van der Waals surface area contributed by atoms with Gasteiger partial charge in [0.25, 0.3) is 5.91 Å². The number of nitrogens with zero attached hydrogens (tertiary/aromatic N) is 1. The number of hydrogen-bond donors (Lipinski definition) is 0. The number of rotatable bonds is 4. The zero-order valence-electron chi connectivity index (χ0n) is 11.8. The van der Waals surface area contributed by atoms with Gasteiger partial charge in [-0.15, -0.1) is 0 Å².